The average Bonchev–Trinajstić information content (AvgIpc) is 3.60. The molecule has 10 nitrogen and oxygen atoms in total. The van der Waals surface area contributed by atoms with Crippen LogP contribution in [0.15, 0.2) is 55.6 Å². The summed E-state index contributed by atoms with van der Waals surface area (Å²) in [5.41, 5.74) is -0.321. The second-order valence-corrected chi connectivity index (χ2v) is 12.6. The Morgan fingerprint density at radius 3 is 2.62 bits per heavy atom. The Kier molecular flexibility index (Phi) is 9.84. The lowest BCUT2D eigenvalue weighted by Gasteiger charge is -2.40. The van der Waals surface area contributed by atoms with Gasteiger partial charge >= 0.3 is 5.97 Å². The molecule has 3 unspecified atom stereocenters. The second-order valence-electron chi connectivity index (χ2n) is 11.4. The number of halogens is 1. The number of esters is 1. The average molecular weight is 647 g/mol. The first-order valence-corrected chi connectivity index (χ1v) is 15.5. The second kappa shape index (κ2) is 13.4. The van der Waals surface area contributed by atoms with Crippen molar-refractivity contribution >= 4 is 33.7 Å². The molecule has 2 bridgehead atoms. The Morgan fingerprint density at radius 2 is 1.95 bits per heavy atom. The third kappa shape index (κ3) is 5.69. The molecule has 228 valence electrons. The van der Waals surface area contributed by atoms with Gasteiger partial charge in [0.25, 0.3) is 0 Å². The van der Waals surface area contributed by atoms with E-state index in [0.717, 1.165) is 18.7 Å². The smallest absolute Gasteiger partial charge is 0.312 e. The first-order chi connectivity index (χ1) is 20.4. The SMILES string of the molecule is C=CCOC(=O)[C@H]1[C@H]2C(=O)N([C@@H](CO)Cc3ccccc3)C(C(=O)N(CC=C)CCN3CCOCC3)C23CC(Br)[C@@H]1O3. The van der Waals surface area contributed by atoms with Crippen LogP contribution in [-0.2, 0) is 35.0 Å². The predicted octanol–water partition coefficient (Wildman–Crippen LogP) is 1.41. The zero-order chi connectivity index (χ0) is 29.9. The molecule has 1 aromatic rings. The van der Waals surface area contributed by atoms with Gasteiger partial charge in [-0.3, -0.25) is 19.3 Å². The van der Waals surface area contributed by atoms with Crippen molar-refractivity contribution in [3.63, 3.8) is 0 Å². The van der Waals surface area contributed by atoms with Crippen molar-refractivity contribution in [2.75, 3.05) is 59.2 Å². The van der Waals surface area contributed by atoms with E-state index in [2.05, 4.69) is 34.0 Å². The normalized spacial score (nSPS) is 31.0. The summed E-state index contributed by atoms with van der Waals surface area (Å²) in [7, 11) is 0. The summed E-state index contributed by atoms with van der Waals surface area (Å²) in [6.07, 6.45) is 3.26. The number of nitrogens with zero attached hydrogens (tertiary/aromatic N) is 3. The highest BCUT2D eigenvalue weighted by molar-refractivity contribution is 9.09. The lowest BCUT2D eigenvalue weighted by atomic mass is 9.70. The summed E-state index contributed by atoms with van der Waals surface area (Å²) in [6, 6.07) is 7.83. The Bertz CT molecular complexity index is 1160. The minimum Gasteiger partial charge on any atom is -0.461 e. The number of amides is 2. The van der Waals surface area contributed by atoms with Crippen molar-refractivity contribution in [1.29, 1.82) is 0 Å². The number of hydrogen-bond donors (Lipinski definition) is 1. The number of hydrogen-bond acceptors (Lipinski definition) is 8. The van der Waals surface area contributed by atoms with Crippen LogP contribution in [0.1, 0.15) is 12.0 Å². The maximum atomic E-state index is 14.7. The number of fused-ring (bicyclic) bond motifs is 1. The van der Waals surface area contributed by atoms with Gasteiger partial charge in [-0.1, -0.05) is 65.0 Å². The van der Waals surface area contributed by atoms with Crippen LogP contribution < -0.4 is 0 Å². The van der Waals surface area contributed by atoms with Crippen LogP contribution >= 0.6 is 15.9 Å². The van der Waals surface area contributed by atoms with E-state index >= 15 is 0 Å². The van der Waals surface area contributed by atoms with Crippen LogP contribution in [0, 0.1) is 11.8 Å². The van der Waals surface area contributed by atoms with Crippen molar-refractivity contribution in [1.82, 2.24) is 14.7 Å². The van der Waals surface area contributed by atoms with Crippen molar-refractivity contribution in [3.05, 3.63) is 61.2 Å². The van der Waals surface area contributed by atoms with E-state index in [1.807, 2.05) is 30.3 Å². The van der Waals surface area contributed by atoms with Crippen LogP contribution in [0.25, 0.3) is 0 Å². The molecule has 4 fully saturated rings. The number of morpholine rings is 1. The lowest BCUT2D eigenvalue weighted by Crippen LogP contribution is -2.60. The predicted molar refractivity (Wildman–Crippen MR) is 159 cm³/mol. The van der Waals surface area contributed by atoms with E-state index in [9.17, 15) is 19.5 Å². The van der Waals surface area contributed by atoms with Crippen molar-refractivity contribution in [3.8, 4) is 0 Å². The highest BCUT2D eigenvalue weighted by Gasteiger charge is 2.77. The van der Waals surface area contributed by atoms with Crippen molar-refractivity contribution < 1.29 is 33.7 Å². The minimum atomic E-state index is -1.24. The monoisotopic (exact) mass is 645 g/mol. The van der Waals surface area contributed by atoms with Gasteiger partial charge in [0.2, 0.25) is 11.8 Å². The zero-order valence-electron chi connectivity index (χ0n) is 23.8. The Morgan fingerprint density at radius 1 is 1.21 bits per heavy atom. The number of rotatable bonds is 13. The molecule has 0 saturated carbocycles. The highest BCUT2D eigenvalue weighted by Crippen LogP contribution is 2.60. The topological polar surface area (TPSA) is 109 Å². The summed E-state index contributed by atoms with van der Waals surface area (Å²) in [5.74, 6) is -2.97. The zero-order valence-corrected chi connectivity index (χ0v) is 25.4. The number of carbonyl (C=O) groups excluding carboxylic acids is 3. The third-order valence-corrected chi connectivity index (χ3v) is 9.79. The molecule has 1 spiro atoms. The molecule has 4 heterocycles. The van der Waals surface area contributed by atoms with Gasteiger partial charge in [0, 0.05) is 37.6 Å². The van der Waals surface area contributed by atoms with E-state index < -0.39 is 41.6 Å². The molecule has 4 saturated heterocycles. The van der Waals surface area contributed by atoms with Gasteiger partial charge in [-0.05, 0) is 18.4 Å². The standard InChI is InChI=1S/C31H40BrN3O7/c1-3-10-34(12-11-33-13-16-40-17-14-33)29(38)27-31-19-23(32)26(42-31)24(30(39)41-15-4-2)25(31)28(37)35(27)22(20-36)18-21-8-6-5-7-9-21/h3-9,22-27,36H,1-2,10-20H2/t22-,23?,24+,25+,26+,27?,31?/m1/s1. The fourth-order valence-electron chi connectivity index (χ4n) is 7.09. The van der Waals surface area contributed by atoms with Crippen LogP contribution in [0.5, 0.6) is 0 Å². The number of aliphatic hydroxyl groups excluding tert-OH is 1. The van der Waals surface area contributed by atoms with Gasteiger partial charge < -0.3 is 29.1 Å². The van der Waals surface area contributed by atoms with Crippen molar-refractivity contribution in [2.24, 2.45) is 11.8 Å². The molecule has 1 N–H and O–H groups in total. The molecule has 11 heteroatoms. The fraction of sp³-hybridized carbons (Fsp3) is 0.581. The largest absolute Gasteiger partial charge is 0.461 e. The van der Waals surface area contributed by atoms with Gasteiger partial charge in [0.05, 0.1) is 43.8 Å². The van der Waals surface area contributed by atoms with E-state index in [-0.39, 0.29) is 36.4 Å². The van der Waals surface area contributed by atoms with Gasteiger partial charge in [-0.25, -0.2) is 0 Å². The molecule has 4 aliphatic heterocycles. The Hall–Kier alpha value is -2.57. The molecule has 7 atom stereocenters. The number of benzene rings is 1. The molecule has 0 radical (unpaired) electrons. The van der Waals surface area contributed by atoms with E-state index in [1.165, 1.54) is 11.0 Å². The molecule has 2 amide bonds. The number of ether oxygens (including phenoxy) is 3. The minimum absolute atomic E-state index is 0.0108. The van der Waals surface area contributed by atoms with Gasteiger partial charge in [-0.2, -0.15) is 0 Å². The third-order valence-electron chi connectivity index (χ3n) is 8.95. The molecular weight excluding hydrogens is 606 g/mol. The van der Waals surface area contributed by atoms with Crippen molar-refractivity contribution in [2.45, 2.75) is 41.5 Å². The first kappa shape index (κ1) is 30.9. The van der Waals surface area contributed by atoms with Crippen LogP contribution in [-0.4, -0.2) is 125 Å². The number of alkyl halides is 1. The Labute approximate surface area is 255 Å². The Balaban J connectivity index is 1.51. The summed E-state index contributed by atoms with van der Waals surface area (Å²) in [4.78, 5) is 47.6. The summed E-state index contributed by atoms with van der Waals surface area (Å²) in [6.45, 7) is 11.4. The number of likely N-dealkylation sites (tertiary alicyclic amines) is 1. The lowest BCUT2D eigenvalue weighted by molar-refractivity contribution is -0.155. The summed E-state index contributed by atoms with van der Waals surface area (Å²) < 4.78 is 17.5. The van der Waals surface area contributed by atoms with Gasteiger partial charge in [0.1, 0.15) is 18.2 Å². The molecule has 5 rings (SSSR count). The molecule has 4 aliphatic rings. The van der Waals surface area contributed by atoms with E-state index in [4.69, 9.17) is 14.2 Å². The van der Waals surface area contributed by atoms with Crippen LogP contribution in [0.4, 0.5) is 0 Å². The fourth-order valence-corrected chi connectivity index (χ4v) is 8.03. The molecule has 0 aliphatic carbocycles. The number of carbonyl (C=O) groups is 3. The van der Waals surface area contributed by atoms with E-state index in [0.29, 0.717) is 39.1 Å². The summed E-state index contributed by atoms with van der Waals surface area (Å²) in [5, 5.41) is 10.6. The molecule has 42 heavy (non-hydrogen) atoms. The maximum Gasteiger partial charge on any atom is 0.312 e. The first-order valence-electron chi connectivity index (χ1n) is 14.6. The molecule has 0 aromatic heterocycles. The van der Waals surface area contributed by atoms with E-state index in [1.54, 1.807) is 11.0 Å². The molecule has 1 aromatic carbocycles. The van der Waals surface area contributed by atoms with Crippen LogP contribution in [0.2, 0.25) is 0 Å². The van der Waals surface area contributed by atoms with Gasteiger partial charge in [0.15, 0.2) is 0 Å². The summed E-state index contributed by atoms with van der Waals surface area (Å²) >= 11 is 3.69. The highest BCUT2D eigenvalue weighted by atomic mass is 79.9. The quantitative estimate of drug-likeness (QED) is 0.195. The number of aliphatic hydroxyl groups is 1. The maximum absolute atomic E-state index is 14.7. The van der Waals surface area contributed by atoms with Gasteiger partial charge in [-0.15, -0.1) is 6.58 Å². The van der Waals surface area contributed by atoms with Crippen LogP contribution in [0.3, 0.4) is 0 Å². The molecular formula is C31H40BrN3O7.